The van der Waals surface area contributed by atoms with Crippen molar-refractivity contribution in [2.24, 2.45) is 5.73 Å². The van der Waals surface area contributed by atoms with Crippen molar-refractivity contribution in [2.45, 2.75) is 31.6 Å². The zero-order valence-corrected chi connectivity index (χ0v) is 17.2. The fourth-order valence-electron chi connectivity index (χ4n) is 2.52. The summed E-state index contributed by atoms with van der Waals surface area (Å²) in [7, 11) is 0. The van der Waals surface area contributed by atoms with Crippen molar-refractivity contribution in [2.75, 3.05) is 0 Å². The van der Waals surface area contributed by atoms with E-state index in [0.717, 1.165) is 12.1 Å². The lowest BCUT2D eigenvalue weighted by Crippen LogP contribution is -2.61. The van der Waals surface area contributed by atoms with Crippen molar-refractivity contribution in [1.29, 1.82) is 0 Å². The first-order chi connectivity index (χ1) is 14.9. The number of amides is 2. The van der Waals surface area contributed by atoms with Crippen LogP contribution in [0.25, 0.3) is 0 Å². The highest BCUT2D eigenvalue weighted by molar-refractivity contribution is 5.97. The summed E-state index contributed by atoms with van der Waals surface area (Å²) >= 11 is 0. The molecule has 0 aliphatic rings. The minimum Gasteiger partial charge on any atom is -0.338 e. The summed E-state index contributed by atoms with van der Waals surface area (Å²) in [5.41, 5.74) is 6.65. The molecule has 0 bridgehead atoms. The number of hydrogen-bond acceptors (Lipinski definition) is 4. The molecule has 0 saturated carbocycles. The average molecular weight is 443 g/mol. The number of benzene rings is 2. The van der Waals surface area contributed by atoms with Crippen LogP contribution >= 0.6 is 0 Å². The van der Waals surface area contributed by atoms with E-state index in [2.05, 4.69) is 29.0 Å². The highest BCUT2D eigenvalue weighted by Gasteiger charge is 2.33. The predicted octanol–water partition coefficient (Wildman–Crippen LogP) is 2.45. The molecule has 0 radical (unpaired) electrons. The van der Waals surface area contributed by atoms with Gasteiger partial charge in [0.2, 0.25) is 0 Å². The van der Waals surface area contributed by atoms with Gasteiger partial charge in [0.15, 0.2) is 0 Å². The fraction of sp³-hybridized carbons (Fsp3) is 0.217. The van der Waals surface area contributed by atoms with Crippen LogP contribution in [0.3, 0.4) is 0 Å². The molecule has 9 heteroatoms. The van der Waals surface area contributed by atoms with Gasteiger partial charge in [0.05, 0.1) is 5.56 Å². The van der Waals surface area contributed by atoms with E-state index in [0.29, 0.717) is 11.1 Å². The van der Waals surface area contributed by atoms with Crippen LogP contribution in [-0.2, 0) is 11.0 Å². The maximum absolute atomic E-state index is 12.5. The standard InChI is InChI=1S/C23H20F3N3O3/c1-22(2,27)19(21(31)29-32)28-20(30)17-11-7-15(8-12-17)5-3-4-6-16-9-13-18(14-10-16)23(24,25)26/h7-14,19,32H,27H2,1-2H3,(H,28,30)(H,29,31)/t19-/m1/s1. The third kappa shape index (κ3) is 6.88. The smallest absolute Gasteiger partial charge is 0.338 e. The van der Waals surface area contributed by atoms with Crippen molar-refractivity contribution >= 4 is 11.8 Å². The van der Waals surface area contributed by atoms with Gasteiger partial charge >= 0.3 is 6.18 Å². The number of halogens is 3. The summed E-state index contributed by atoms with van der Waals surface area (Å²) in [4.78, 5) is 24.1. The van der Waals surface area contributed by atoms with Gasteiger partial charge in [0, 0.05) is 22.2 Å². The number of rotatable bonds is 4. The Balaban J connectivity index is 2.05. The lowest BCUT2D eigenvalue weighted by molar-refractivity contribution is -0.137. The zero-order valence-electron chi connectivity index (χ0n) is 17.2. The van der Waals surface area contributed by atoms with E-state index in [1.165, 1.54) is 43.6 Å². The molecule has 1 atom stereocenters. The number of carbonyl (C=O) groups excluding carboxylic acids is 2. The van der Waals surface area contributed by atoms with Gasteiger partial charge in [-0.25, -0.2) is 5.48 Å². The third-order valence-electron chi connectivity index (χ3n) is 4.23. The molecule has 0 aliphatic carbocycles. The van der Waals surface area contributed by atoms with Crippen LogP contribution in [0, 0.1) is 23.7 Å². The van der Waals surface area contributed by atoms with Crippen LogP contribution in [0.1, 0.15) is 40.9 Å². The molecule has 2 amide bonds. The number of hydroxylamine groups is 1. The molecule has 5 N–H and O–H groups in total. The van der Waals surface area contributed by atoms with Gasteiger partial charge in [-0.15, -0.1) is 0 Å². The first kappa shape index (κ1) is 24.5. The van der Waals surface area contributed by atoms with Crippen LogP contribution in [0.5, 0.6) is 0 Å². The van der Waals surface area contributed by atoms with Crippen LogP contribution < -0.4 is 16.5 Å². The number of hydrogen-bond donors (Lipinski definition) is 4. The largest absolute Gasteiger partial charge is 0.416 e. The molecule has 32 heavy (non-hydrogen) atoms. The molecule has 0 aliphatic heterocycles. The molecule has 0 aromatic heterocycles. The monoisotopic (exact) mass is 443 g/mol. The summed E-state index contributed by atoms with van der Waals surface area (Å²) in [5.74, 6) is 9.13. The molecule has 2 aromatic rings. The Morgan fingerprint density at radius 1 is 0.938 bits per heavy atom. The van der Waals surface area contributed by atoms with E-state index >= 15 is 0 Å². The third-order valence-corrected chi connectivity index (χ3v) is 4.23. The zero-order chi connectivity index (χ0) is 23.9. The Labute approximate surface area is 183 Å². The highest BCUT2D eigenvalue weighted by atomic mass is 19.4. The molecule has 0 spiro atoms. The Hall–Kier alpha value is -3.79. The van der Waals surface area contributed by atoms with E-state index < -0.39 is 35.1 Å². The Morgan fingerprint density at radius 2 is 1.41 bits per heavy atom. The molecule has 0 saturated heterocycles. The first-order valence-corrected chi connectivity index (χ1v) is 9.25. The topological polar surface area (TPSA) is 104 Å². The number of carbonyl (C=O) groups is 2. The number of nitrogens with two attached hydrogens (primary N) is 1. The number of nitrogens with one attached hydrogen (secondary N) is 2. The van der Waals surface area contributed by atoms with Gasteiger partial charge in [-0.1, -0.05) is 11.8 Å². The molecule has 2 aromatic carbocycles. The van der Waals surface area contributed by atoms with Gasteiger partial charge < -0.3 is 11.1 Å². The minimum atomic E-state index is -4.40. The summed E-state index contributed by atoms with van der Waals surface area (Å²) in [6, 6.07) is 9.35. The van der Waals surface area contributed by atoms with E-state index in [1.54, 1.807) is 12.1 Å². The molecular formula is C23H20F3N3O3. The van der Waals surface area contributed by atoms with Crippen LogP contribution in [-0.4, -0.2) is 28.6 Å². The summed E-state index contributed by atoms with van der Waals surface area (Å²) < 4.78 is 37.6. The maximum Gasteiger partial charge on any atom is 0.416 e. The molecule has 0 unspecified atom stereocenters. The second-order valence-corrected chi connectivity index (χ2v) is 7.36. The Kier molecular flexibility index (Phi) is 7.66. The van der Waals surface area contributed by atoms with Crippen molar-refractivity contribution in [1.82, 2.24) is 10.8 Å². The van der Waals surface area contributed by atoms with Gasteiger partial charge in [-0.2, -0.15) is 13.2 Å². The van der Waals surface area contributed by atoms with Gasteiger partial charge in [0.1, 0.15) is 6.04 Å². The molecule has 0 heterocycles. The lowest BCUT2D eigenvalue weighted by atomic mass is 9.95. The lowest BCUT2D eigenvalue weighted by Gasteiger charge is -2.29. The minimum absolute atomic E-state index is 0.242. The Morgan fingerprint density at radius 3 is 1.81 bits per heavy atom. The summed E-state index contributed by atoms with van der Waals surface area (Å²) in [5, 5.41) is 11.3. The van der Waals surface area contributed by atoms with Crippen molar-refractivity contribution in [3.63, 3.8) is 0 Å². The van der Waals surface area contributed by atoms with E-state index in [4.69, 9.17) is 10.9 Å². The maximum atomic E-state index is 12.5. The normalized spacial score (nSPS) is 11.8. The second-order valence-electron chi connectivity index (χ2n) is 7.36. The molecule has 6 nitrogen and oxygen atoms in total. The van der Waals surface area contributed by atoms with E-state index in [9.17, 15) is 22.8 Å². The van der Waals surface area contributed by atoms with Crippen molar-refractivity contribution < 1.29 is 28.0 Å². The van der Waals surface area contributed by atoms with Crippen molar-refractivity contribution in [3.8, 4) is 23.7 Å². The van der Waals surface area contributed by atoms with Crippen molar-refractivity contribution in [3.05, 3.63) is 70.8 Å². The molecule has 2 rings (SSSR count). The SMILES string of the molecule is CC(C)(N)[C@H](NC(=O)c1ccc(C#CC#Cc2ccc(C(F)(F)F)cc2)cc1)C(=O)NO. The second kappa shape index (κ2) is 10.0. The molecule has 166 valence electrons. The van der Waals surface area contributed by atoms with Crippen LogP contribution in [0.15, 0.2) is 48.5 Å². The van der Waals surface area contributed by atoms with Gasteiger partial charge in [-0.05, 0) is 74.2 Å². The Bertz CT molecular complexity index is 1100. The fourth-order valence-corrected chi connectivity index (χ4v) is 2.52. The molecule has 0 fully saturated rings. The predicted molar refractivity (Wildman–Crippen MR) is 111 cm³/mol. The van der Waals surface area contributed by atoms with Crippen LogP contribution in [0.2, 0.25) is 0 Å². The van der Waals surface area contributed by atoms with E-state index in [-0.39, 0.29) is 5.56 Å². The highest BCUT2D eigenvalue weighted by Crippen LogP contribution is 2.28. The average Bonchev–Trinajstić information content (AvgIpc) is 2.73. The van der Waals surface area contributed by atoms with Gasteiger partial charge in [0.25, 0.3) is 11.8 Å². The van der Waals surface area contributed by atoms with E-state index in [1.807, 2.05) is 0 Å². The van der Waals surface area contributed by atoms with Crippen LogP contribution in [0.4, 0.5) is 13.2 Å². The first-order valence-electron chi connectivity index (χ1n) is 9.25. The van der Waals surface area contributed by atoms with Gasteiger partial charge in [-0.3, -0.25) is 14.8 Å². The summed E-state index contributed by atoms with van der Waals surface area (Å²) in [6.45, 7) is 3.05. The summed E-state index contributed by atoms with van der Waals surface area (Å²) in [6.07, 6.45) is -4.40. The number of alkyl halides is 3. The molecular weight excluding hydrogens is 423 g/mol. The quantitative estimate of drug-likeness (QED) is 0.331.